The Kier molecular flexibility index (Phi) is 10.7. The molecule has 1 heterocycles. The Hall–Kier alpha value is -2.22. The van der Waals surface area contributed by atoms with Crippen molar-refractivity contribution in [3.63, 3.8) is 0 Å². The fourth-order valence-electron chi connectivity index (χ4n) is 3.35. The molecule has 2 atom stereocenters. The lowest BCUT2D eigenvalue weighted by Crippen LogP contribution is -2.53. The van der Waals surface area contributed by atoms with Crippen LogP contribution in [0.15, 0.2) is 42.5 Å². The number of hydrogen-bond acceptors (Lipinski definition) is 5. The zero-order chi connectivity index (χ0) is 22.6. The van der Waals surface area contributed by atoms with Gasteiger partial charge in [0.1, 0.15) is 6.04 Å². The average molecular weight is 445 g/mol. The number of thiophene rings is 1. The van der Waals surface area contributed by atoms with Crippen LogP contribution in [0.5, 0.6) is 0 Å². The van der Waals surface area contributed by atoms with Gasteiger partial charge in [-0.1, -0.05) is 44.2 Å². The maximum atomic E-state index is 12.9. The van der Waals surface area contributed by atoms with Gasteiger partial charge in [-0.25, -0.2) is 0 Å². The Morgan fingerprint density at radius 3 is 2.32 bits per heavy atom. The summed E-state index contributed by atoms with van der Waals surface area (Å²) < 4.78 is 0. The van der Waals surface area contributed by atoms with E-state index in [4.69, 9.17) is 11.5 Å². The molecule has 0 aliphatic carbocycles. The molecule has 0 unspecified atom stereocenters. The van der Waals surface area contributed by atoms with Crippen LogP contribution in [0.1, 0.15) is 42.0 Å². The number of aryl methyl sites for hydroxylation is 1. The van der Waals surface area contributed by atoms with Crippen molar-refractivity contribution in [2.24, 2.45) is 17.4 Å². The van der Waals surface area contributed by atoms with Crippen molar-refractivity contribution in [3.8, 4) is 0 Å². The summed E-state index contributed by atoms with van der Waals surface area (Å²) in [7, 11) is 0. The third-order valence-corrected chi connectivity index (χ3v) is 6.20. The molecule has 1 aromatic heterocycles. The van der Waals surface area contributed by atoms with E-state index in [1.165, 1.54) is 9.75 Å². The second-order valence-corrected chi connectivity index (χ2v) is 9.54. The molecule has 6 N–H and O–H groups in total. The minimum atomic E-state index is -0.656. The molecule has 31 heavy (non-hydrogen) atoms. The van der Waals surface area contributed by atoms with Crippen molar-refractivity contribution in [2.45, 2.75) is 58.0 Å². The van der Waals surface area contributed by atoms with Gasteiger partial charge in [0.25, 0.3) is 0 Å². The first kappa shape index (κ1) is 25.0. The average Bonchev–Trinajstić information content (AvgIpc) is 3.19. The zero-order valence-electron chi connectivity index (χ0n) is 18.6. The van der Waals surface area contributed by atoms with Gasteiger partial charge in [-0.15, -0.1) is 11.3 Å². The van der Waals surface area contributed by atoms with Crippen molar-refractivity contribution in [1.82, 2.24) is 10.6 Å². The minimum Gasteiger partial charge on any atom is -0.354 e. The van der Waals surface area contributed by atoms with Crippen LogP contribution in [0.25, 0.3) is 0 Å². The molecule has 0 saturated carbocycles. The molecule has 1 aromatic carbocycles. The Bertz CT molecular complexity index is 807. The second-order valence-electron chi connectivity index (χ2n) is 8.29. The van der Waals surface area contributed by atoms with Crippen LogP contribution in [0.3, 0.4) is 0 Å². The molecule has 2 aromatic rings. The summed E-state index contributed by atoms with van der Waals surface area (Å²) in [6, 6.07) is 12.7. The van der Waals surface area contributed by atoms with Crippen LogP contribution >= 0.6 is 11.3 Å². The normalized spacial score (nSPS) is 13.1. The summed E-state index contributed by atoms with van der Waals surface area (Å²) in [5, 5.41) is 5.84. The van der Waals surface area contributed by atoms with E-state index in [0.29, 0.717) is 31.8 Å². The number of nitrogens with one attached hydrogen (secondary N) is 2. The number of amides is 2. The van der Waals surface area contributed by atoms with E-state index >= 15 is 0 Å². The first-order valence-electron chi connectivity index (χ1n) is 11.0. The molecule has 0 aliphatic rings. The van der Waals surface area contributed by atoms with Gasteiger partial charge in [-0.3, -0.25) is 9.59 Å². The van der Waals surface area contributed by atoms with Gasteiger partial charge in [0.15, 0.2) is 0 Å². The molecule has 2 rings (SSSR count). The highest BCUT2D eigenvalue weighted by Gasteiger charge is 2.24. The van der Waals surface area contributed by atoms with Crippen LogP contribution in [-0.4, -0.2) is 37.0 Å². The molecule has 7 heteroatoms. The van der Waals surface area contributed by atoms with Crippen molar-refractivity contribution in [1.29, 1.82) is 0 Å². The molecular weight excluding hydrogens is 408 g/mol. The lowest BCUT2D eigenvalue weighted by atomic mass is 10.0. The number of nitrogens with two attached hydrogens (primary N) is 2. The maximum absolute atomic E-state index is 12.9. The number of rotatable bonds is 13. The summed E-state index contributed by atoms with van der Waals surface area (Å²) in [5.74, 6) is -0.163. The SMILES string of the molecule is CC(C)C[C@@H](N)C(=O)N[C@H](Cc1ccccc1)C(=O)NCCc1ccc(CCCN)s1. The summed E-state index contributed by atoms with van der Waals surface area (Å²) in [4.78, 5) is 28.0. The van der Waals surface area contributed by atoms with Gasteiger partial charge in [0.2, 0.25) is 11.8 Å². The van der Waals surface area contributed by atoms with E-state index in [-0.39, 0.29) is 11.8 Å². The molecule has 2 amide bonds. The molecule has 0 saturated heterocycles. The third kappa shape index (κ3) is 9.21. The molecule has 0 radical (unpaired) electrons. The van der Waals surface area contributed by atoms with E-state index in [1.807, 2.05) is 44.2 Å². The topological polar surface area (TPSA) is 110 Å². The Morgan fingerprint density at radius 2 is 1.68 bits per heavy atom. The van der Waals surface area contributed by atoms with Gasteiger partial charge in [-0.05, 0) is 55.8 Å². The van der Waals surface area contributed by atoms with Gasteiger partial charge in [0.05, 0.1) is 6.04 Å². The molecular formula is C24H36N4O2S. The standard InChI is InChI=1S/C24H36N4O2S/c1-17(2)15-21(26)23(29)28-22(16-18-7-4-3-5-8-18)24(30)27-14-12-20-11-10-19(31-20)9-6-13-25/h3-5,7-8,10-11,17,21-22H,6,9,12-16,25-26H2,1-2H3,(H,27,30)(H,28,29)/t21-,22-/m1/s1. The Morgan fingerprint density at radius 1 is 1.00 bits per heavy atom. The van der Waals surface area contributed by atoms with Crippen molar-refractivity contribution in [3.05, 3.63) is 57.8 Å². The lowest BCUT2D eigenvalue weighted by molar-refractivity contribution is -0.129. The number of hydrogen-bond donors (Lipinski definition) is 4. The molecule has 0 aliphatic heterocycles. The van der Waals surface area contributed by atoms with Crippen LogP contribution in [0.2, 0.25) is 0 Å². The van der Waals surface area contributed by atoms with E-state index in [9.17, 15) is 9.59 Å². The number of carbonyl (C=O) groups is 2. The largest absolute Gasteiger partial charge is 0.354 e. The highest BCUT2D eigenvalue weighted by Crippen LogP contribution is 2.18. The second kappa shape index (κ2) is 13.2. The number of benzene rings is 1. The quantitative estimate of drug-likeness (QED) is 0.380. The molecule has 6 nitrogen and oxygen atoms in total. The van der Waals surface area contributed by atoms with Crippen molar-refractivity contribution < 1.29 is 9.59 Å². The van der Waals surface area contributed by atoms with Crippen LogP contribution in [0.4, 0.5) is 0 Å². The Labute approximate surface area is 189 Å². The smallest absolute Gasteiger partial charge is 0.242 e. The van der Waals surface area contributed by atoms with Gasteiger partial charge in [0, 0.05) is 22.7 Å². The summed E-state index contributed by atoms with van der Waals surface area (Å²) in [6.07, 6.45) is 3.75. The van der Waals surface area contributed by atoms with E-state index < -0.39 is 12.1 Å². The summed E-state index contributed by atoms with van der Waals surface area (Å²) in [5.41, 5.74) is 12.6. The number of carbonyl (C=O) groups excluding carboxylic acids is 2. The first-order valence-corrected chi connectivity index (χ1v) is 11.9. The maximum Gasteiger partial charge on any atom is 0.242 e. The van der Waals surface area contributed by atoms with E-state index in [2.05, 4.69) is 22.8 Å². The van der Waals surface area contributed by atoms with Crippen molar-refractivity contribution in [2.75, 3.05) is 13.1 Å². The zero-order valence-corrected chi connectivity index (χ0v) is 19.4. The van der Waals surface area contributed by atoms with Crippen LogP contribution in [-0.2, 0) is 28.9 Å². The van der Waals surface area contributed by atoms with Crippen LogP contribution < -0.4 is 22.1 Å². The summed E-state index contributed by atoms with van der Waals surface area (Å²) >= 11 is 1.76. The predicted molar refractivity (Wildman–Crippen MR) is 128 cm³/mol. The first-order chi connectivity index (χ1) is 14.9. The summed E-state index contributed by atoms with van der Waals surface area (Å²) in [6.45, 7) is 5.26. The highest BCUT2D eigenvalue weighted by atomic mass is 32.1. The fraction of sp³-hybridized carbons (Fsp3) is 0.500. The van der Waals surface area contributed by atoms with Gasteiger partial charge >= 0.3 is 0 Å². The monoisotopic (exact) mass is 444 g/mol. The van der Waals surface area contributed by atoms with Crippen molar-refractivity contribution >= 4 is 23.2 Å². The molecule has 0 spiro atoms. The lowest BCUT2D eigenvalue weighted by Gasteiger charge is -2.21. The molecule has 0 fully saturated rings. The van der Waals surface area contributed by atoms with E-state index in [0.717, 1.165) is 24.8 Å². The highest BCUT2D eigenvalue weighted by molar-refractivity contribution is 7.11. The minimum absolute atomic E-state index is 0.186. The van der Waals surface area contributed by atoms with E-state index in [1.54, 1.807) is 11.3 Å². The van der Waals surface area contributed by atoms with Gasteiger partial charge in [-0.2, -0.15) is 0 Å². The predicted octanol–water partition coefficient (Wildman–Crippen LogP) is 2.40. The molecule has 170 valence electrons. The fourth-order valence-corrected chi connectivity index (χ4v) is 4.41. The van der Waals surface area contributed by atoms with Crippen LogP contribution in [0, 0.1) is 5.92 Å². The third-order valence-electron chi connectivity index (χ3n) is 4.99. The Balaban J connectivity index is 1.93. The molecule has 0 bridgehead atoms. The van der Waals surface area contributed by atoms with Gasteiger partial charge < -0.3 is 22.1 Å².